The van der Waals surface area contributed by atoms with Crippen molar-refractivity contribution in [3.05, 3.63) is 34.1 Å². The molecule has 0 bridgehead atoms. The Kier molecular flexibility index (Phi) is 5.34. The molecular weight excluding hydrogens is 345 g/mol. The number of benzene rings is 1. The Labute approximate surface area is 137 Å². The number of hydrogen-bond donors (Lipinski definition) is 0. The zero-order chi connectivity index (χ0) is 17.9. The minimum absolute atomic E-state index is 0.171. The highest BCUT2D eigenvalue weighted by Gasteiger charge is 2.26. The van der Waals surface area contributed by atoms with Crippen molar-refractivity contribution in [3.8, 4) is 5.75 Å². The molecule has 0 radical (unpaired) electrons. The van der Waals surface area contributed by atoms with Gasteiger partial charge in [0.2, 0.25) is 15.8 Å². The number of carbonyl (C=O) groups excluding carboxylic acids is 1. The third-order valence-electron chi connectivity index (χ3n) is 3.53. The fraction of sp³-hybridized carbons (Fsp3) is 0.462. The number of halogens is 1. The first-order valence-corrected chi connectivity index (χ1v) is 8.83. The lowest BCUT2D eigenvalue weighted by Crippen LogP contribution is -2.51. The molecule has 24 heavy (non-hydrogen) atoms. The lowest BCUT2D eigenvalue weighted by atomic mass is 10.3. The second-order valence-electron chi connectivity index (χ2n) is 5.20. The summed E-state index contributed by atoms with van der Waals surface area (Å²) in [7, 11) is -3.30. The second-order valence-corrected chi connectivity index (χ2v) is 7.18. The zero-order valence-electron chi connectivity index (χ0n) is 12.8. The summed E-state index contributed by atoms with van der Waals surface area (Å²) in [6.07, 6.45) is 1.09. The third-order valence-corrected chi connectivity index (χ3v) is 4.83. The first-order chi connectivity index (χ1) is 11.2. The maximum atomic E-state index is 13.2. The molecule has 0 spiro atoms. The number of sulfonamides is 1. The van der Waals surface area contributed by atoms with Crippen LogP contribution in [0.15, 0.2) is 18.2 Å². The van der Waals surface area contributed by atoms with Crippen LogP contribution < -0.4 is 4.74 Å². The number of rotatable bonds is 5. The first kappa shape index (κ1) is 18.1. The molecule has 1 aromatic rings. The van der Waals surface area contributed by atoms with Crippen molar-refractivity contribution in [2.24, 2.45) is 0 Å². The Bertz CT molecular complexity index is 746. The zero-order valence-corrected chi connectivity index (χ0v) is 13.7. The van der Waals surface area contributed by atoms with Crippen LogP contribution in [-0.4, -0.2) is 67.5 Å². The van der Waals surface area contributed by atoms with Crippen molar-refractivity contribution >= 4 is 21.6 Å². The number of carbonyl (C=O) groups is 1. The number of amides is 1. The van der Waals surface area contributed by atoms with Crippen LogP contribution >= 0.6 is 0 Å². The number of nitro benzene ring substituents is 1. The predicted molar refractivity (Wildman–Crippen MR) is 81.5 cm³/mol. The highest BCUT2D eigenvalue weighted by Crippen LogP contribution is 2.27. The van der Waals surface area contributed by atoms with E-state index in [0.29, 0.717) is 0 Å². The Morgan fingerprint density at radius 2 is 1.96 bits per heavy atom. The molecule has 2 rings (SSSR count). The van der Waals surface area contributed by atoms with Crippen LogP contribution in [-0.2, 0) is 14.8 Å². The van der Waals surface area contributed by atoms with Gasteiger partial charge in [-0.15, -0.1) is 0 Å². The molecule has 1 saturated heterocycles. The average molecular weight is 361 g/mol. The van der Waals surface area contributed by atoms with E-state index in [2.05, 4.69) is 0 Å². The van der Waals surface area contributed by atoms with E-state index < -0.39 is 39.0 Å². The summed E-state index contributed by atoms with van der Waals surface area (Å²) in [5.41, 5.74) is -0.439. The Morgan fingerprint density at radius 3 is 2.50 bits per heavy atom. The highest BCUT2D eigenvalue weighted by molar-refractivity contribution is 7.88. The van der Waals surface area contributed by atoms with E-state index >= 15 is 0 Å². The van der Waals surface area contributed by atoms with Crippen LogP contribution in [0.5, 0.6) is 5.75 Å². The molecule has 9 nitrogen and oxygen atoms in total. The van der Waals surface area contributed by atoms with E-state index in [4.69, 9.17) is 4.74 Å². The monoisotopic (exact) mass is 361 g/mol. The van der Waals surface area contributed by atoms with Crippen molar-refractivity contribution < 1.29 is 27.3 Å². The lowest BCUT2D eigenvalue weighted by Gasteiger charge is -2.33. The van der Waals surface area contributed by atoms with Crippen molar-refractivity contribution in [1.29, 1.82) is 0 Å². The van der Waals surface area contributed by atoms with Gasteiger partial charge < -0.3 is 9.64 Å². The van der Waals surface area contributed by atoms with Crippen LogP contribution in [0.4, 0.5) is 10.1 Å². The molecule has 1 aromatic carbocycles. The summed E-state index contributed by atoms with van der Waals surface area (Å²) in [6, 6.07) is 2.73. The van der Waals surface area contributed by atoms with Gasteiger partial charge in [-0.25, -0.2) is 12.8 Å². The second kappa shape index (κ2) is 7.09. The van der Waals surface area contributed by atoms with Gasteiger partial charge in [-0.05, 0) is 6.07 Å². The van der Waals surface area contributed by atoms with Crippen molar-refractivity contribution in [1.82, 2.24) is 9.21 Å². The minimum Gasteiger partial charge on any atom is -0.477 e. The van der Waals surface area contributed by atoms with Gasteiger partial charge in [0.05, 0.1) is 11.2 Å². The molecule has 1 aliphatic heterocycles. The van der Waals surface area contributed by atoms with Crippen molar-refractivity contribution in [3.63, 3.8) is 0 Å². The van der Waals surface area contributed by atoms with Crippen LogP contribution in [0.2, 0.25) is 0 Å². The van der Waals surface area contributed by atoms with E-state index in [1.54, 1.807) is 0 Å². The molecule has 132 valence electrons. The number of hydrogen-bond acceptors (Lipinski definition) is 6. The quantitative estimate of drug-likeness (QED) is 0.548. The Balaban J connectivity index is 1.95. The molecule has 1 aliphatic rings. The predicted octanol–water partition coefficient (Wildman–Crippen LogP) is 0.217. The molecule has 0 aromatic heterocycles. The summed E-state index contributed by atoms with van der Waals surface area (Å²) in [5.74, 6) is -1.50. The average Bonchev–Trinajstić information content (AvgIpc) is 2.51. The van der Waals surface area contributed by atoms with Gasteiger partial charge in [0.25, 0.3) is 5.91 Å². The van der Waals surface area contributed by atoms with Crippen LogP contribution in [0.25, 0.3) is 0 Å². The fourth-order valence-corrected chi connectivity index (χ4v) is 3.08. The minimum atomic E-state index is -3.30. The maximum Gasteiger partial charge on any atom is 0.311 e. The van der Waals surface area contributed by atoms with Gasteiger partial charge in [-0.3, -0.25) is 14.9 Å². The fourth-order valence-electron chi connectivity index (χ4n) is 2.25. The molecule has 0 atom stereocenters. The van der Waals surface area contributed by atoms with Crippen LogP contribution in [0, 0.1) is 15.9 Å². The topological polar surface area (TPSA) is 110 Å². The van der Waals surface area contributed by atoms with Gasteiger partial charge in [-0.1, -0.05) is 0 Å². The van der Waals surface area contributed by atoms with Gasteiger partial charge >= 0.3 is 5.69 Å². The van der Waals surface area contributed by atoms with Crippen LogP contribution in [0.1, 0.15) is 0 Å². The molecule has 1 amide bonds. The summed E-state index contributed by atoms with van der Waals surface area (Å²) in [4.78, 5) is 23.6. The van der Waals surface area contributed by atoms with E-state index in [0.717, 1.165) is 24.5 Å². The SMILES string of the molecule is CS(=O)(=O)N1CCN(C(=O)COc2cc(F)ccc2[N+](=O)[O-])CC1. The maximum absolute atomic E-state index is 13.2. The van der Waals surface area contributed by atoms with Crippen molar-refractivity contribution in [2.75, 3.05) is 39.0 Å². The number of nitrogens with zero attached hydrogens (tertiary/aromatic N) is 3. The summed E-state index contributed by atoms with van der Waals surface area (Å²) < 4.78 is 42.3. The van der Waals surface area contributed by atoms with Crippen molar-refractivity contribution in [2.45, 2.75) is 0 Å². The lowest BCUT2D eigenvalue weighted by molar-refractivity contribution is -0.385. The van der Waals surface area contributed by atoms with E-state index in [9.17, 15) is 27.7 Å². The first-order valence-electron chi connectivity index (χ1n) is 6.98. The molecule has 1 heterocycles. The number of piperazine rings is 1. The molecule has 11 heteroatoms. The number of ether oxygens (including phenoxy) is 1. The Hall–Kier alpha value is -2.27. The molecule has 0 N–H and O–H groups in total. The Morgan fingerprint density at radius 1 is 1.33 bits per heavy atom. The third kappa shape index (κ3) is 4.38. The molecule has 0 unspecified atom stereocenters. The van der Waals surface area contributed by atoms with E-state index in [-0.39, 0.29) is 31.9 Å². The van der Waals surface area contributed by atoms with Gasteiger partial charge in [0.1, 0.15) is 5.82 Å². The van der Waals surface area contributed by atoms with Gasteiger partial charge in [0, 0.05) is 38.3 Å². The largest absolute Gasteiger partial charge is 0.477 e. The summed E-state index contributed by atoms with van der Waals surface area (Å²) in [6.45, 7) is 0.236. The summed E-state index contributed by atoms with van der Waals surface area (Å²) in [5, 5.41) is 10.9. The van der Waals surface area contributed by atoms with E-state index in [1.165, 1.54) is 9.21 Å². The smallest absolute Gasteiger partial charge is 0.311 e. The molecular formula is C13H16FN3O6S. The molecule has 1 fully saturated rings. The number of nitro groups is 1. The van der Waals surface area contributed by atoms with Gasteiger partial charge in [-0.2, -0.15) is 4.31 Å². The molecule has 0 saturated carbocycles. The van der Waals surface area contributed by atoms with Gasteiger partial charge in [0.15, 0.2) is 6.61 Å². The molecule has 0 aliphatic carbocycles. The van der Waals surface area contributed by atoms with Crippen LogP contribution in [0.3, 0.4) is 0 Å². The summed E-state index contributed by atoms with van der Waals surface area (Å²) >= 11 is 0. The highest BCUT2D eigenvalue weighted by atomic mass is 32.2. The van der Waals surface area contributed by atoms with E-state index in [1.807, 2.05) is 0 Å². The normalized spacial score (nSPS) is 16.0. The standard InChI is InChI=1S/C13H16FN3O6S/c1-24(21,22)16-6-4-15(5-7-16)13(18)9-23-12-8-10(14)2-3-11(12)17(19)20/h2-3,8H,4-7,9H2,1H3.